The van der Waals surface area contributed by atoms with E-state index in [1.807, 2.05) is 0 Å². The highest BCUT2D eigenvalue weighted by Gasteiger charge is 2.15. The molecule has 1 aromatic carbocycles. The molecule has 1 aromatic rings. The van der Waals surface area contributed by atoms with Crippen molar-refractivity contribution in [1.29, 1.82) is 0 Å². The zero-order valence-electron chi connectivity index (χ0n) is 6.63. The summed E-state index contributed by atoms with van der Waals surface area (Å²) in [5.41, 5.74) is 0.0185. The average molecular weight is 185 g/mol. The second-order valence-electron chi connectivity index (χ2n) is 2.59. The van der Waals surface area contributed by atoms with E-state index in [0.29, 0.717) is 6.07 Å². The van der Waals surface area contributed by atoms with E-state index in [1.54, 1.807) is 0 Å². The highest BCUT2D eigenvalue weighted by molar-refractivity contribution is 5.76. The normalized spacial score (nSPS) is 12.5. The molecule has 2 nitrogen and oxygen atoms in total. The number of carboxylic acid groups (broad SMARTS) is 1. The van der Waals surface area contributed by atoms with Gasteiger partial charge in [0.2, 0.25) is 0 Å². The van der Waals surface area contributed by atoms with Crippen molar-refractivity contribution in [2.75, 3.05) is 0 Å². The van der Waals surface area contributed by atoms with Gasteiger partial charge < -0.3 is 5.11 Å². The third-order valence-electron chi connectivity index (χ3n) is 1.59. The largest absolute Gasteiger partial charge is 0.481 e. The number of rotatable bonds is 2. The first-order valence-corrected chi connectivity index (χ1v) is 3.52. The number of hydrogen-bond acceptors (Lipinski definition) is 1. The van der Waals surface area contributed by atoms with Crippen LogP contribution in [0.4, 0.5) is 8.78 Å². The van der Waals surface area contributed by atoms with Crippen molar-refractivity contribution < 1.29 is 18.7 Å². The summed E-state index contributed by atoms with van der Waals surface area (Å²) in [6, 6.07) is 2.59. The molecule has 1 unspecified atom stereocenters. The first-order valence-electron chi connectivity index (χ1n) is 3.52. The van der Waals surface area contributed by atoms with Crippen LogP contribution in [0.25, 0.3) is 0 Å². The molecule has 0 amide bonds. The van der Waals surface area contributed by atoms with Crippen LogP contribution in [0.3, 0.4) is 0 Å². The maximum Gasteiger partial charge on any atom is 0.310 e. The van der Waals surface area contributed by atoms with Crippen LogP contribution in [0.1, 0.15) is 11.5 Å². The molecule has 0 saturated heterocycles. The molecule has 69 valence electrons. The second-order valence-corrected chi connectivity index (χ2v) is 2.59. The molecule has 0 fully saturated rings. The molecule has 13 heavy (non-hydrogen) atoms. The lowest BCUT2D eigenvalue weighted by atomic mass is 10.0. The van der Waals surface area contributed by atoms with Crippen LogP contribution in [0, 0.1) is 18.6 Å². The topological polar surface area (TPSA) is 37.3 Å². The minimum Gasteiger partial charge on any atom is -0.481 e. The summed E-state index contributed by atoms with van der Waals surface area (Å²) in [7, 11) is 0. The zero-order chi connectivity index (χ0) is 10.0. The Kier molecular flexibility index (Phi) is 2.60. The Bertz CT molecular complexity index is 316. The molecule has 0 heterocycles. The van der Waals surface area contributed by atoms with Crippen molar-refractivity contribution in [3.63, 3.8) is 0 Å². The molecule has 1 radical (unpaired) electrons. The fraction of sp³-hybridized carbons (Fsp3) is 0.111. The Morgan fingerprint density at radius 2 is 1.77 bits per heavy atom. The van der Waals surface area contributed by atoms with Gasteiger partial charge in [0, 0.05) is 6.07 Å². The van der Waals surface area contributed by atoms with E-state index in [9.17, 15) is 13.6 Å². The first kappa shape index (κ1) is 9.64. The van der Waals surface area contributed by atoms with Gasteiger partial charge in [0.05, 0.1) is 5.92 Å². The van der Waals surface area contributed by atoms with E-state index < -0.39 is 23.5 Å². The Morgan fingerprint density at radius 3 is 2.15 bits per heavy atom. The van der Waals surface area contributed by atoms with Gasteiger partial charge in [0.15, 0.2) is 0 Å². The van der Waals surface area contributed by atoms with Crippen LogP contribution in [0.15, 0.2) is 18.2 Å². The molecule has 1 N–H and O–H groups in total. The molecule has 4 heteroatoms. The van der Waals surface area contributed by atoms with E-state index in [4.69, 9.17) is 5.11 Å². The molecule has 1 atom stereocenters. The van der Waals surface area contributed by atoms with Crippen LogP contribution in [0.5, 0.6) is 0 Å². The summed E-state index contributed by atoms with van der Waals surface area (Å²) in [6.45, 7) is 3.26. The fourth-order valence-electron chi connectivity index (χ4n) is 0.919. The average Bonchev–Trinajstić information content (AvgIpc) is 2.01. The van der Waals surface area contributed by atoms with E-state index >= 15 is 0 Å². The number of halogens is 2. The van der Waals surface area contributed by atoms with Gasteiger partial charge >= 0.3 is 5.97 Å². The summed E-state index contributed by atoms with van der Waals surface area (Å²) in [4.78, 5) is 10.4. The maximum absolute atomic E-state index is 12.6. The summed E-state index contributed by atoms with van der Waals surface area (Å²) >= 11 is 0. The Balaban J connectivity index is 3.07. The summed E-state index contributed by atoms with van der Waals surface area (Å²) in [5.74, 6) is -3.97. The third kappa shape index (κ3) is 2.24. The molecule has 1 rings (SSSR count). The van der Waals surface area contributed by atoms with Gasteiger partial charge in [0.25, 0.3) is 0 Å². The predicted octanol–water partition coefficient (Wildman–Crippen LogP) is 1.97. The number of benzene rings is 1. The lowest BCUT2D eigenvalue weighted by Gasteiger charge is -2.05. The minimum atomic E-state index is -1.22. The Labute approximate surface area is 73.8 Å². The molecule has 0 aliphatic rings. The molecule has 0 saturated carbocycles. The number of carboxylic acids is 1. The lowest BCUT2D eigenvalue weighted by molar-refractivity contribution is -0.137. The van der Waals surface area contributed by atoms with Crippen LogP contribution in [-0.2, 0) is 4.79 Å². The van der Waals surface area contributed by atoms with Crippen LogP contribution in [-0.4, -0.2) is 11.1 Å². The van der Waals surface area contributed by atoms with E-state index in [0.717, 1.165) is 12.1 Å². The van der Waals surface area contributed by atoms with E-state index in [-0.39, 0.29) is 5.56 Å². The van der Waals surface area contributed by atoms with Crippen molar-refractivity contribution in [3.8, 4) is 0 Å². The van der Waals surface area contributed by atoms with E-state index in [1.165, 1.54) is 0 Å². The van der Waals surface area contributed by atoms with Gasteiger partial charge in [-0.25, -0.2) is 8.78 Å². The first-order chi connectivity index (χ1) is 6.00. The number of carbonyl (C=O) groups is 1. The smallest absolute Gasteiger partial charge is 0.310 e. The molecule has 0 aliphatic carbocycles. The van der Waals surface area contributed by atoms with Crippen molar-refractivity contribution in [1.82, 2.24) is 0 Å². The molecule has 0 bridgehead atoms. The standard InChI is InChI=1S/C9H7F2O2/c1-5(9(12)13)6-2-7(10)4-8(11)3-6/h2-5H,1H2,(H,12,13). The SMILES string of the molecule is [CH2]C(C(=O)O)c1cc(F)cc(F)c1. The summed E-state index contributed by atoms with van der Waals surface area (Å²) in [5, 5.41) is 8.51. The Hall–Kier alpha value is -1.45. The highest BCUT2D eigenvalue weighted by Crippen LogP contribution is 2.17. The van der Waals surface area contributed by atoms with Gasteiger partial charge in [-0.15, -0.1) is 0 Å². The highest BCUT2D eigenvalue weighted by atomic mass is 19.1. The molecular weight excluding hydrogens is 178 g/mol. The van der Waals surface area contributed by atoms with Crippen molar-refractivity contribution in [3.05, 3.63) is 42.3 Å². The van der Waals surface area contributed by atoms with Crippen molar-refractivity contribution >= 4 is 5.97 Å². The van der Waals surface area contributed by atoms with E-state index in [2.05, 4.69) is 6.92 Å². The van der Waals surface area contributed by atoms with Crippen LogP contribution >= 0.6 is 0 Å². The van der Waals surface area contributed by atoms with Gasteiger partial charge in [-0.3, -0.25) is 4.79 Å². The zero-order valence-corrected chi connectivity index (χ0v) is 6.63. The molecule has 0 aliphatic heterocycles. The van der Waals surface area contributed by atoms with Crippen molar-refractivity contribution in [2.24, 2.45) is 0 Å². The van der Waals surface area contributed by atoms with Crippen LogP contribution < -0.4 is 0 Å². The summed E-state index contributed by atoms with van der Waals surface area (Å²) in [6.07, 6.45) is 0. The van der Waals surface area contributed by atoms with Gasteiger partial charge in [-0.1, -0.05) is 0 Å². The number of aliphatic carboxylic acids is 1. The maximum atomic E-state index is 12.6. The summed E-state index contributed by atoms with van der Waals surface area (Å²) < 4.78 is 25.2. The molecule has 0 aromatic heterocycles. The number of hydrogen-bond donors (Lipinski definition) is 1. The van der Waals surface area contributed by atoms with Gasteiger partial charge in [-0.2, -0.15) is 0 Å². The lowest BCUT2D eigenvalue weighted by Crippen LogP contribution is -2.08. The molecule has 0 spiro atoms. The van der Waals surface area contributed by atoms with Gasteiger partial charge in [0.1, 0.15) is 11.6 Å². The van der Waals surface area contributed by atoms with Crippen molar-refractivity contribution in [2.45, 2.75) is 5.92 Å². The quantitative estimate of drug-likeness (QED) is 0.764. The molecular formula is C9H7F2O2. The van der Waals surface area contributed by atoms with Gasteiger partial charge in [-0.05, 0) is 24.6 Å². The second kappa shape index (κ2) is 3.51. The Morgan fingerprint density at radius 1 is 1.31 bits per heavy atom. The van der Waals surface area contributed by atoms with Crippen LogP contribution in [0.2, 0.25) is 0 Å². The monoisotopic (exact) mass is 185 g/mol. The minimum absolute atomic E-state index is 0.0185. The predicted molar refractivity (Wildman–Crippen MR) is 42.1 cm³/mol. The third-order valence-corrected chi connectivity index (χ3v) is 1.59. The fourth-order valence-corrected chi connectivity index (χ4v) is 0.919.